The SMILES string of the molecule is CCCCCCN[C@H](C)CO. The van der Waals surface area contributed by atoms with Gasteiger partial charge >= 0.3 is 0 Å². The lowest BCUT2D eigenvalue weighted by atomic mass is 10.2. The number of unbranched alkanes of at least 4 members (excludes halogenated alkanes) is 3. The van der Waals surface area contributed by atoms with Crippen molar-refractivity contribution in [2.45, 2.75) is 45.6 Å². The lowest BCUT2D eigenvalue weighted by Crippen LogP contribution is -2.29. The van der Waals surface area contributed by atoms with Crippen LogP contribution in [0.2, 0.25) is 0 Å². The summed E-state index contributed by atoms with van der Waals surface area (Å²) in [6.07, 6.45) is 5.16. The van der Waals surface area contributed by atoms with Crippen LogP contribution in [0, 0.1) is 0 Å². The lowest BCUT2D eigenvalue weighted by molar-refractivity contribution is 0.251. The summed E-state index contributed by atoms with van der Waals surface area (Å²) in [7, 11) is 0. The highest BCUT2D eigenvalue weighted by atomic mass is 16.3. The molecule has 0 radical (unpaired) electrons. The molecule has 0 fully saturated rings. The number of hydrogen-bond donors (Lipinski definition) is 2. The van der Waals surface area contributed by atoms with Gasteiger partial charge in [0.25, 0.3) is 0 Å². The average molecular weight is 159 g/mol. The maximum absolute atomic E-state index is 8.67. The molecule has 0 aliphatic heterocycles. The molecule has 0 aromatic carbocycles. The Labute approximate surface area is 70.0 Å². The molecule has 0 aliphatic rings. The van der Waals surface area contributed by atoms with Crippen molar-refractivity contribution >= 4 is 0 Å². The van der Waals surface area contributed by atoms with Crippen LogP contribution in [0.25, 0.3) is 0 Å². The van der Waals surface area contributed by atoms with Gasteiger partial charge in [-0.3, -0.25) is 0 Å². The number of hydrogen-bond acceptors (Lipinski definition) is 2. The summed E-state index contributed by atoms with van der Waals surface area (Å²) in [5.41, 5.74) is 0. The molecule has 2 nitrogen and oxygen atoms in total. The van der Waals surface area contributed by atoms with Crippen LogP contribution in [0.3, 0.4) is 0 Å². The van der Waals surface area contributed by atoms with E-state index in [4.69, 9.17) is 5.11 Å². The molecule has 2 heteroatoms. The smallest absolute Gasteiger partial charge is 0.0581 e. The van der Waals surface area contributed by atoms with E-state index in [-0.39, 0.29) is 12.6 Å². The first-order valence-electron chi connectivity index (χ1n) is 4.65. The van der Waals surface area contributed by atoms with Crippen molar-refractivity contribution in [3.63, 3.8) is 0 Å². The fourth-order valence-electron chi connectivity index (χ4n) is 0.965. The van der Waals surface area contributed by atoms with Crippen LogP contribution < -0.4 is 5.32 Å². The number of rotatable bonds is 7. The Balaban J connectivity index is 2.89. The Morgan fingerprint density at radius 2 is 2.00 bits per heavy atom. The monoisotopic (exact) mass is 159 g/mol. The standard InChI is InChI=1S/C9H21NO/c1-3-4-5-6-7-10-9(2)8-11/h9-11H,3-8H2,1-2H3/t9-/m1/s1. The first-order valence-corrected chi connectivity index (χ1v) is 4.65. The van der Waals surface area contributed by atoms with Gasteiger partial charge in [-0.05, 0) is 19.9 Å². The van der Waals surface area contributed by atoms with Gasteiger partial charge in [-0.1, -0.05) is 26.2 Å². The molecule has 0 aromatic rings. The normalized spacial score (nSPS) is 13.4. The molecule has 68 valence electrons. The minimum Gasteiger partial charge on any atom is -0.395 e. The van der Waals surface area contributed by atoms with Gasteiger partial charge in [0.2, 0.25) is 0 Å². The van der Waals surface area contributed by atoms with Crippen LogP contribution in [-0.4, -0.2) is 24.3 Å². The maximum atomic E-state index is 8.67. The summed E-state index contributed by atoms with van der Waals surface area (Å²) in [6, 6.07) is 0.261. The zero-order valence-electron chi connectivity index (χ0n) is 7.77. The number of nitrogens with one attached hydrogen (secondary N) is 1. The molecular formula is C9H21NO. The lowest BCUT2D eigenvalue weighted by Gasteiger charge is -2.09. The molecule has 0 heterocycles. The Morgan fingerprint density at radius 1 is 1.27 bits per heavy atom. The number of aliphatic hydroxyl groups excluding tert-OH is 1. The number of aliphatic hydroxyl groups is 1. The third kappa shape index (κ3) is 7.82. The first-order chi connectivity index (χ1) is 5.31. The highest BCUT2D eigenvalue weighted by molar-refractivity contribution is 4.57. The van der Waals surface area contributed by atoms with Crippen molar-refractivity contribution in [1.29, 1.82) is 0 Å². The van der Waals surface area contributed by atoms with Crippen molar-refractivity contribution in [2.24, 2.45) is 0 Å². The average Bonchev–Trinajstić information content (AvgIpc) is 2.04. The molecular weight excluding hydrogens is 138 g/mol. The fourth-order valence-corrected chi connectivity index (χ4v) is 0.965. The van der Waals surface area contributed by atoms with Crippen LogP contribution in [-0.2, 0) is 0 Å². The Bertz CT molecular complexity index is 76.0. The minimum absolute atomic E-state index is 0.244. The minimum atomic E-state index is 0.244. The van der Waals surface area contributed by atoms with Crippen molar-refractivity contribution in [3.05, 3.63) is 0 Å². The van der Waals surface area contributed by atoms with E-state index >= 15 is 0 Å². The second-order valence-electron chi connectivity index (χ2n) is 3.10. The molecule has 0 amide bonds. The second kappa shape index (κ2) is 8.02. The maximum Gasteiger partial charge on any atom is 0.0581 e. The van der Waals surface area contributed by atoms with Gasteiger partial charge in [-0.25, -0.2) is 0 Å². The van der Waals surface area contributed by atoms with Gasteiger partial charge < -0.3 is 10.4 Å². The van der Waals surface area contributed by atoms with Crippen molar-refractivity contribution < 1.29 is 5.11 Å². The largest absolute Gasteiger partial charge is 0.395 e. The summed E-state index contributed by atoms with van der Waals surface area (Å²) in [5.74, 6) is 0. The van der Waals surface area contributed by atoms with E-state index in [0.29, 0.717) is 0 Å². The molecule has 0 aliphatic carbocycles. The molecule has 11 heavy (non-hydrogen) atoms. The van der Waals surface area contributed by atoms with Crippen molar-refractivity contribution in [3.8, 4) is 0 Å². The van der Waals surface area contributed by atoms with E-state index < -0.39 is 0 Å². The highest BCUT2D eigenvalue weighted by Gasteiger charge is 1.95. The van der Waals surface area contributed by atoms with Crippen LogP contribution in [0.5, 0.6) is 0 Å². The molecule has 0 bridgehead atoms. The quantitative estimate of drug-likeness (QED) is 0.552. The van der Waals surface area contributed by atoms with Crippen LogP contribution >= 0.6 is 0 Å². The van der Waals surface area contributed by atoms with E-state index in [1.54, 1.807) is 0 Å². The summed E-state index contributed by atoms with van der Waals surface area (Å²) in [6.45, 7) is 5.50. The zero-order valence-corrected chi connectivity index (χ0v) is 7.77. The van der Waals surface area contributed by atoms with Crippen LogP contribution in [0.4, 0.5) is 0 Å². The summed E-state index contributed by atoms with van der Waals surface area (Å²) in [5, 5.41) is 11.9. The van der Waals surface area contributed by atoms with Gasteiger partial charge in [-0.15, -0.1) is 0 Å². The fraction of sp³-hybridized carbons (Fsp3) is 1.00. The van der Waals surface area contributed by atoms with Gasteiger partial charge in [0.1, 0.15) is 0 Å². The predicted molar refractivity (Wildman–Crippen MR) is 48.7 cm³/mol. The molecule has 0 spiro atoms. The van der Waals surface area contributed by atoms with Gasteiger partial charge in [-0.2, -0.15) is 0 Å². The van der Waals surface area contributed by atoms with E-state index in [9.17, 15) is 0 Å². The van der Waals surface area contributed by atoms with E-state index in [1.807, 2.05) is 6.92 Å². The summed E-state index contributed by atoms with van der Waals surface area (Å²) >= 11 is 0. The van der Waals surface area contributed by atoms with E-state index in [2.05, 4.69) is 12.2 Å². The zero-order chi connectivity index (χ0) is 8.53. The summed E-state index contributed by atoms with van der Waals surface area (Å²) < 4.78 is 0. The molecule has 0 saturated heterocycles. The third-order valence-electron chi connectivity index (χ3n) is 1.80. The Hall–Kier alpha value is -0.0800. The Kier molecular flexibility index (Phi) is 7.96. The summed E-state index contributed by atoms with van der Waals surface area (Å²) in [4.78, 5) is 0. The van der Waals surface area contributed by atoms with E-state index in [1.165, 1.54) is 25.7 Å². The first kappa shape index (κ1) is 10.9. The molecule has 0 saturated carbocycles. The third-order valence-corrected chi connectivity index (χ3v) is 1.80. The van der Waals surface area contributed by atoms with Crippen LogP contribution in [0.1, 0.15) is 39.5 Å². The van der Waals surface area contributed by atoms with Gasteiger partial charge in [0.05, 0.1) is 6.61 Å². The van der Waals surface area contributed by atoms with Gasteiger partial charge in [0, 0.05) is 6.04 Å². The molecule has 0 rings (SSSR count). The predicted octanol–water partition coefficient (Wildman–Crippen LogP) is 1.54. The molecule has 0 aromatic heterocycles. The highest BCUT2D eigenvalue weighted by Crippen LogP contribution is 1.97. The van der Waals surface area contributed by atoms with Crippen LogP contribution in [0.15, 0.2) is 0 Å². The second-order valence-corrected chi connectivity index (χ2v) is 3.10. The molecule has 1 atom stereocenters. The Morgan fingerprint density at radius 3 is 2.55 bits per heavy atom. The van der Waals surface area contributed by atoms with Gasteiger partial charge in [0.15, 0.2) is 0 Å². The molecule has 0 unspecified atom stereocenters. The topological polar surface area (TPSA) is 32.3 Å². The molecule has 2 N–H and O–H groups in total. The van der Waals surface area contributed by atoms with Crippen molar-refractivity contribution in [2.75, 3.05) is 13.2 Å². The van der Waals surface area contributed by atoms with E-state index in [0.717, 1.165) is 6.54 Å². The van der Waals surface area contributed by atoms with Crippen molar-refractivity contribution in [1.82, 2.24) is 5.32 Å².